The lowest BCUT2D eigenvalue weighted by Gasteiger charge is -2.35. The molecule has 0 aromatic heterocycles. The van der Waals surface area contributed by atoms with Gasteiger partial charge < -0.3 is 20.4 Å². The van der Waals surface area contributed by atoms with Gasteiger partial charge in [0.1, 0.15) is 6.10 Å². The van der Waals surface area contributed by atoms with E-state index in [-0.39, 0.29) is 6.29 Å². The minimum Gasteiger partial charge on any atom is -0.390 e. The molecule has 4 atom stereocenters. The number of aliphatic hydroxyl groups excluding tert-OH is 2. The quantitative estimate of drug-likeness (QED) is 0.200. The number of nitrogens with zero attached hydrogens (tertiary/aromatic N) is 6. The van der Waals surface area contributed by atoms with Gasteiger partial charge in [0, 0.05) is 9.82 Å². The van der Waals surface area contributed by atoms with E-state index in [2.05, 4.69) is 20.1 Å². The molecular weight excluding hydrogens is 236 g/mol. The second kappa shape index (κ2) is 5.46. The first-order valence-corrected chi connectivity index (χ1v) is 4.18. The molecule has 17 heavy (non-hydrogen) atoms. The van der Waals surface area contributed by atoms with Crippen molar-refractivity contribution >= 4 is 6.29 Å². The number of rotatable bonds is 6. The number of carbonyl (C=O) groups excluding carboxylic acids is 1. The maximum absolute atomic E-state index is 10.5. The van der Waals surface area contributed by atoms with Crippen LogP contribution >= 0.6 is 0 Å². The normalized spacial score (nSPS) is 20.8. The van der Waals surface area contributed by atoms with Crippen LogP contribution in [0.4, 0.5) is 0 Å². The van der Waals surface area contributed by atoms with Crippen molar-refractivity contribution in [2.24, 2.45) is 10.2 Å². The van der Waals surface area contributed by atoms with Crippen molar-refractivity contribution in [1.82, 2.24) is 0 Å². The molecule has 11 heteroatoms. The average Bonchev–Trinajstić information content (AvgIpc) is 2.28. The summed E-state index contributed by atoms with van der Waals surface area (Å²) in [5.41, 5.74) is 10.3. The van der Waals surface area contributed by atoms with Gasteiger partial charge in [-0.3, -0.25) is 4.79 Å². The Bertz CT molecular complexity index is 388. The fourth-order valence-corrected chi connectivity index (χ4v) is 0.965. The van der Waals surface area contributed by atoms with Crippen LogP contribution in [-0.4, -0.2) is 50.4 Å². The predicted molar refractivity (Wildman–Crippen MR) is 51.9 cm³/mol. The first-order valence-electron chi connectivity index (χ1n) is 4.18. The zero-order chi connectivity index (χ0) is 13.7. The van der Waals surface area contributed by atoms with Gasteiger partial charge in [0.25, 0.3) is 0 Å². The molecule has 0 radical (unpaired) electrons. The summed E-state index contributed by atoms with van der Waals surface area (Å²) in [7, 11) is 0. The van der Waals surface area contributed by atoms with E-state index in [4.69, 9.17) is 16.2 Å². The van der Waals surface area contributed by atoms with E-state index >= 15 is 0 Å². The summed E-state index contributed by atoms with van der Waals surface area (Å²) in [4.78, 5) is 14.8. The van der Waals surface area contributed by atoms with Gasteiger partial charge in [0.05, 0.1) is 6.10 Å². The van der Waals surface area contributed by atoms with Crippen LogP contribution in [-0.2, 0) is 4.79 Å². The third kappa shape index (κ3) is 2.82. The lowest BCUT2D eigenvalue weighted by molar-refractivity contribution is -0.197. The molecule has 0 saturated carbocycles. The van der Waals surface area contributed by atoms with Crippen LogP contribution in [0, 0.1) is 0 Å². The second-order valence-electron chi connectivity index (χ2n) is 3.14. The summed E-state index contributed by atoms with van der Waals surface area (Å²) < 4.78 is 0. The lowest BCUT2D eigenvalue weighted by atomic mass is 9.94. The summed E-state index contributed by atoms with van der Waals surface area (Å²) in [6.07, 6.45) is -4.74. The van der Waals surface area contributed by atoms with Gasteiger partial charge >= 0.3 is 0 Å². The summed E-state index contributed by atoms with van der Waals surface area (Å²) in [6.45, 7) is 0.930. The monoisotopic (exact) mass is 246 g/mol. The number of hydrogen-bond donors (Lipinski definition) is 4. The minimum atomic E-state index is -3.07. The molecule has 0 rings (SSSR count). The lowest BCUT2D eigenvalue weighted by Crippen LogP contribution is -2.60. The summed E-state index contributed by atoms with van der Waals surface area (Å²) in [6, 6.07) is 0. The summed E-state index contributed by atoms with van der Waals surface area (Å²) >= 11 is 0. The molecule has 11 nitrogen and oxygen atoms in total. The molecule has 0 aliphatic heterocycles. The highest BCUT2D eigenvalue weighted by Crippen LogP contribution is 2.26. The predicted octanol–water partition coefficient (Wildman–Crippen LogP) is -1.08. The van der Waals surface area contributed by atoms with E-state index in [0.29, 0.717) is 0 Å². The standard InChI is InChI=1S/C6H10N6O5/c1-3(14)6(17,10-12-8)4(15)5(16,2-13)9-11-7/h2-4,14-17H,1H3. The zero-order valence-corrected chi connectivity index (χ0v) is 8.61. The smallest absolute Gasteiger partial charge is 0.228 e. The van der Waals surface area contributed by atoms with Crippen molar-refractivity contribution in [2.75, 3.05) is 0 Å². The van der Waals surface area contributed by atoms with Gasteiger partial charge in [0.2, 0.25) is 5.72 Å². The van der Waals surface area contributed by atoms with Crippen molar-refractivity contribution < 1.29 is 25.2 Å². The van der Waals surface area contributed by atoms with E-state index in [0.717, 1.165) is 6.92 Å². The molecule has 0 fully saturated rings. The van der Waals surface area contributed by atoms with E-state index in [1.54, 1.807) is 0 Å². The van der Waals surface area contributed by atoms with Crippen molar-refractivity contribution in [2.45, 2.75) is 30.6 Å². The molecule has 0 spiro atoms. The molecule has 0 aliphatic carbocycles. The number of aldehydes is 1. The van der Waals surface area contributed by atoms with Crippen LogP contribution in [0.25, 0.3) is 20.9 Å². The van der Waals surface area contributed by atoms with E-state index in [1.165, 1.54) is 0 Å². The highest BCUT2D eigenvalue weighted by molar-refractivity contribution is 5.63. The Morgan fingerprint density at radius 3 is 2.00 bits per heavy atom. The van der Waals surface area contributed by atoms with E-state index in [9.17, 15) is 20.1 Å². The Morgan fingerprint density at radius 2 is 1.71 bits per heavy atom. The van der Waals surface area contributed by atoms with Gasteiger partial charge in [0.15, 0.2) is 12.0 Å². The van der Waals surface area contributed by atoms with Gasteiger partial charge in [-0.15, -0.1) is 0 Å². The van der Waals surface area contributed by atoms with Crippen LogP contribution in [0.5, 0.6) is 0 Å². The van der Waals surface area contributed by atoms with Crippen molar-refractivity contribution in [3.05, 3.63) is 20.9 Å². The Kier molecular flexibility index (Phi) is 4.86. The molecule has 0 aromatic carbocycles. The van der Waals surface area contributed by atoms with Gasteiger partial charge in [-0.1, -0.05) is 5.11 Å². The first kappa shape index (κ1) is 15.1. The number of hydrogen-bond acceptors (Lipinski definition) is 7. The fraction of sp³-hybridized carbons (Fsp3) is 0.833. The Hall–Kier alpha value is -1.87. The maximum atomic E-state index is 10.5. The average molecular weight is 246 g/mol. The third-order valence-electron chi connectivity index (χ3n) is 2.00. The van der Waals surface area contributed by atoms with Crippen LogP contribution in [0.3, 0.4) is 0 Å². The molecule has 0 bridgehead atoms. The van der Waals surface area contributed by atoms with Gasteiger partial charge in [-0.2, -0.15) is 0 Å². The van der Waals surface area contributed by atoms with Crippen LogP contribution in [0.1, 0.15) is 6.92 Å². The first-order chi connectivity index (χ1) is 7.78. The SMILES string of the molecule is CC(O)C(O)(N=[N+]=[N-])C(O)C(O)(C=O)N=[N+]=[N-]. The van der Waals surface area contributed by atoms with Gasteiger partial charge in [-0.05, 0) is 23.1 Å². The molecular formula is C6H10N6O5. The van der Waals surface area contributed by atoms with Crippen molar-refractivity contribution in [3.8, 4) is 0 Å². The van der Waals surface area contributed by atoms with Crippen LogP contribution in [0.2, 0.25) is 0 Å². The summed E-state index contributed by atoms with van der Waals surface area (Å²) in [5.74, 6) is 0. The van der Waals surface area contributed by atoms with Gasteiger partial charge in [-0.25, -0.2) is 0 Å². The summed E-state index contributed by atoms with van der Waals surface area (Å²) in [5, 5.41) is 43.0. The Morgan fingerprint density at radius 1 is 1.24 bits per heavy atom. The number of aliphatic hydroxyl groups is 4. The minimum absolute atomic E-state index is 0.363. The van der Waals surface area contributed by atoms with E-state index < -0.39 is 23.7 Å². The maximum Gasteiger partial charge on any atom is 0.228 e. The van der Waals surface area contributed by atoms with Crippen molar-refractivity contribution in [1.29, 1.82) is 0 Å². The highest BCUT2D eigenvalue weighted by Gasteiger charge is 2.51. The molecule has 4 N–H and O–H groups in total. The molecule has 94 valence electrons. The number of azide groups is 2. The Balaban J connectivity index is 5.64. The van der Waals surface area contributed by atoms with Crippen LogP contribution in [0.15, 0.2) is 10.2 Å². The second-order valence-corrected chi connectivity index (χ2v) is 3.14. The molecule has 0 heterocycles. The Labute approximate surface area is 94.2 Å². The van der Waals surface area contributed by atoms with Crippen LogP contribution < -0.4 is 0 Å². The van der Waals surface area contributed by atoms with Crippen molar-refractivity contribution in [3.63, 3.8) is 0 Å². The molecule has 0 saturated heterocycles. The third-order valence-corrected chi connectivity index (χ3v) is 2.00. The molecule has 0 amide bonds. The van der Waals surface area contributed by atoms with E-state index in [1.807, 2.05) is 0 Å². The molecule has 0 aliphatic rings. The topological polar surface area (TPSA) is 196 Å². The molecule has 0 aromatic rings. The zero-order valence-electron chi connectivity index (χ0n) is 8.61. The number of carbonyl (C=O) groups is 1. The highest BCUT2D eigenvalue weighted by atomic mass is 16.4. The molecule has 4 unspecified atom stereocenters. The fourth-order valence-electron chi connectivity index (χ4n) is 0.965. The largest absolute Gasteiger partial charge is 0.390 e.